The van der Waals surface area contributed by atoms with E-state index < -0.39 is 0 Å². The highest BCUT2D eigenvalue weighted by molar-refractivity contribution is 9.10. The highest BCUT2D eigenvalue weighted by Gasteiger charge is 2.58. The average molecular weight is 308 g/mol. The molecular weight excluding hydrogens is 290 g/mol. The van der Waals surface area contributed by atoms with Crippen LogP contribution in [0.2, 0.25) is 0 Å². The summed E-state index contributed by atoms with van der Waals surface area (Å²) in [6.45, 7) is 2.16. The summed E-state index contributed by atoms with van der Waals surface area (Å²) in [5.41, 5.74) is 1.34. The Balaban J connectivity index is 1.59. The average Bonchev–Trinajstić information content (AvgIpc) is 2.94. The Morgan fingerprint density at radius 2 is 2.06 bits per heavy atom. The molecule has 3 aliphatic rings. The van der Waals surface area contributed by atoms with Gasteiger partial charge < -0.3 is 5.11 Å². The van der Waals surface area contributed by atoms with Gasteiger partial charge in [-0.2, -0.15) is 0 Å². The van der Waals surface area contributed by atoms with Gasteiger partial charge in [-0.25, -0.2) is 0 Å². The molecule has 96 valence electrons. The van der Waals surface area contributed by atoms with E-state index in [-0.39, 0.29) is 6.10 Å². The maximum atomic E-state index is 10.4. The van der Waals surface area contributed by atoms with Crippen LogP contribution in [0, 0.1) is 17.8 Å². The SMILES string of the molecule is OC1C2CC3CN(Cc4ccccc4Br)C1C3C2. The molecule has 1 saturated heterocycles. The first-order valence-electron chi connectivity index (χ1n) is 6.89. The van der Waals surface area contributed by atoms with Gasteiger partial charge in [0.1, 0.15) is 0 Å². The summed E-state index contributed by atoms with van der Waals surface area (Å²) in [6, 6.07) is 8.87. The molecule has 0 radical (unpaired) electrons. The maximum Gasteiger partial charge on any atom is 0.0726 e. The van der Waals surface area contributed by atoms with E-state index in [9.17, 15) is 5.11 Å². The van der Waals surface area contributed by atoms with Crippen molar-refractivity contribution in [2.45, 2.75) is 31.5 Å². The summed E-state index contributed by atoms with van der Waals surface area (Å²) in [7, 11) is 0. The van der Waals surface area contributed by atoms with E-state index in [0.29, 0.717) is 12.0 Å². The van der Waals surface area contributed by atoms with Crippen molar-refractivity contribution in [3.05, 3.63) is 34.3 Å². The van der Waals surface area contributed by atoms with Gasteiger partial charge in [0.05, 0.1) is 6.10 Å². The largest absolute Gasteiger partial charge is 0.391 e. The number of likely N-dealkylation sites (tertiary alicyclic amines) is 1. The van der Waals surface area contributed by atoms with Gasteiger partial charge in [0, 0.05) is 23.6 Å². The third kappa shape index (κ3) is 1.54. The topological polar surface area (TPSA) is 23.5 Å². The van der Waals surface area contributed by atoms with Crippen molar-refractivity contribution >= 4 is 15.9 Å². The number of rotatable bonds is 2. The Kier molecular flexibility index (Phi) is 2.58. The molecule has 1 aliphatic heterocycles. The lowest BCUT2D eigenvalue weighted by molar-refractivity contribution is 0.0484. The van der Waals surface area contributed by atoms with Gasteiger partial charge in [-0.05, 0) is 42.2 Å². The second-order valence-electron chi connectivity index (χ2n) is 6.16. The first-order chi connectivity index (χ1) is 8.74. The minimum atomic E-state index is -0.0729. The molecule has 5 atom stereocenters. The van der Waals surface area contributed by atoms with Gasteiger partial charge in [-0.1, -0.05) is 34.1 Å². The van der Waals surface area contributed by atoms with Crippen LogP contribution in [0.3, 0.4) is 0 Å². The second-order valence-corrected chi connectivity index (χ2v) is 7.01. The van der Waals surface area contributed by atoms with Crippen LogP contribution in [0.25, 0.3) is 0 Å². The van der Waals surface area contributed by atoms with E-state index in [1.165, 1.54) is 29.4 Å². The number of aliphatic hydroxyl groups excluding tert-OH is 1. The number of fused-ring (bicyclic) bond motifs is 1. The third-order valence-corrected chi connectivity index (χ3v) is 6.05. The van der Waals surface area contributed by atoms with Crippen molar-refractivity contribution in [1.29, 1.82) is 0 Å². The molecule has 2 saturated carbocycles. The van der Waals surface area contributed by atoms with Gasteiger partial charge in [-0.3, -0.25) is 4.90 Å². The molecule has 2 nitrogen and oxygen atoms in total. The lowest BCUT2D eigenvalue weighted by Crippen LogP contribution is -2.40. The molecule has 5 unspecified atom stereocenters. The van der Waals surface area contributed by atoms with E-state index >= 15 is 0 Å². The standard InChI is InChI=1S/C15H18BrNO/c16-13-4-2-1-3-9(13)7-17-8-11-5-10-6-12(11)14(17)15(10)18/h1-4,10-12,14-15,18H,5-8H2. The van der Waals surface area contributed by atoms with Gasteiger partial charge >= 0.3 is 0 Å². The summed E-state index contributed by atoms with van der Waals surface area (Å²) in [4.78, 5) is 2.52. The molecule has 1 heterocycles. The van der Waals surface area contributed by atoms with Crippen LogP contribution >= 0.6 is 15.9 Å². The van der Waals surface area contributed by atoms with Gasteiger partial charge in [0.2, 0.25) is 0 Å². The molecule has 1 N–H and O–H groups in total. The molecule has 3 fully saturated rings. The fourth-order valence-electron chi connectivity index (χ4n) is 4.57. The van der Waals surface area contributed by atoms with E-state index in [4.69, 9.17) is 0 Å². The number of hydrogen-bond acceptors (Lipinski definition) is 2. The van der Waals surface area contributed by atoms with E-state index in [2.05, 4.69) is 45.1 Å². The number of nitrogens with zero attached hydrogens (tertiary/aromatic N) is 1. The van der Waals surface area contributed by atoms with Crippen molar-refractivity contribution < 1.29 is 5.11 Å². The molecule has 2 bridgehead atoms. The minimum Gasteiger partial charge on any atom is -0.391 e. The van der Waals surface area contributed by atoms with Gasteiger partial charge in [-0.15, -0.1) is 0 Å². The quantitative estimate of drug-likeness (QED) is 0.908. The molecule has 0 spiro atoms. The zero-order valence-corrected chi connectivity index (χ0v) is 11.9. The molecule has 2 aliphatic carbocycles. The zero-order valence-electron chi connectivity index (χ0n) is 10.3. The van der Waals surface area contributed by atoms with Crippen molar-refractivity contribution in [3.8, 4) is 0 Å². The molecular formula is C15H18BrNO. The molecule has 0 amide bonds. The first-order valence-corrected chi connectivity index (χ1v) is 7.69. The number of benzene rings is 1. The molecule has 4 rings (SSSR count). The fourth-order valence-corrected chi connectivity index (χ4v) is 4.98. The van der Waals surface area contributed by atoms with Crippen LogP contribution < -0.4 is 0 Å². The summed E-state index contributed by atoms with van der Waals surface area (Å²) >= 11 is 3.63. The van der Waals surface area contributed by atoms with Crippen LogP contribution in [0.5, 0.6) is 0 Å². The maximum absolute atomic E-state index is 10.4. The predicted molar refractivity (Wildman–Crippen MR) is 74.1 cm³/mol. The second kappa shape index (κ2) is 4.06. The number of aliphatic hydroxyl groups is 1. The Morgan fingerprint density at radius 3 is 2.83 bits per heavy atom. The van der Waals surface area contributed by atoms with Gasteiger partial charge in [0.15, 0.2) is 0 Å². The highest BCUT2D eigenvalue weighted by atomic mass is 79.9. The lowest BCUT2D eigenvalue weighted by Gasteiger charge is -2.29. The molecule has 0 aromatic heterocycles. The molecule has 1 aromatic rings. The normalized spacial score (nSPS) is 41.8. The van der Waals surface area contributed by atoms with Crippen molar-refractivity contribution in [3.63, 3.8) is 0 Å². The van der Waals surface area contributed by atoms with Crippen molar-refractivity contribution in [2.24, 2.45) is 17.8 Å². The summed E-state index contributed by atoms with van der Waals surface area (Å²) in [5.74, 6) is 2.22. The third-order valence-electron chi connectivity index (χ3n) is 5.28. The molecule has 3 heteroatoms. The summed E-state index contributed by atoms with van der Waals surface area (Å²) in [6.07, 6.45) is 2.45. The predicted octanol–water partition coefficient (Wildman–Crippen LogP) is 2.65. The number of hydrogen-bond donors (Lipinski definition) is 1. The van der Waals surface area contributed by atoms with Crippen LogP contribution in [0.15, 0.2) is 28.7 Å². The Labute approximate surface area is 116 Å². The Morgan fingerprint density at radius 1 is 1.22 bits per heavy atom. The lowest BCUT2D eigenvalue weighted by atomic mass is 9.88. The Bertz CT molecular complexity index is 475. The Hall–Kier alpha value is -0.380. The fraction of sp³-hybridized carbons (Fsp3) is 0.600. The molecule has 18 heavy (non-hydrogen) atoms. The van der Waals surface area contributed by atoms with Crippen LogP contribution in [0.4, 0.5) is 0 Å². The highest BCUT2D eigenvalue weighted by Crippen LogP contribution is 2.55. The summed E-state index contributed by atoms with van der Waals surface area (Å²) < 4.78 is 1.19. The first kappa shape index (κ1) is 11.4. The van der Waals surface area contributed by atoms with E-state index in [1.54, 1.807) is 0 Å². The smallest absolute Gasteiger partial charge is 0.0726 e. The van der Waals surface area contributed by atoms with Crippen molar-refractivity contribution in [2.75, 3.05) is 6.54 Å². The summed E-state index contributed by atoms with van der Waals surface area (Å²) in [5, 5.41) is 10.4. The minimum absolute atomic E-state index is 0.0729. The van der Waals surface area contributed by atoms with Crippen LogP contribution in [-0.4, -0.2) is 28.7 Å². The monoisotopic (exact) mass is 307 g/mol. The van der Waals surface area contributed by atoms with E-state index in [0.717, 1.165) is 18.4 Å². The van der Waals surface area contributed by atoms with Gasteiger partial charge in [0.25, 0.3) is 0 Å². The van der Waals surface area contributed by atoms with Crippen molar-refractivity contribution in [1.82, 2.24) is 4.90 Å². The number of halogens is 1. The molecule has 1 aromatic carbocycles. The van der Waals surface area contributed by atoms with Crippen LogP contribution in [0.1, 0.15) is 18.4 Å². The van der Waals surface area contributed by atoms with E-state index in [1.807, 2.05) is 0 Å². The zero-order chi connectivity index (χ0) is 12.3. The van der Waals surface area contributed by atoms with Crippen LogP contribution in [-0.2, 0) is 6.54 Å².